The topological polar surface area (TPSA) is 91.1 Å². The molecule has 0 bridgehead atoms. The Kier molecular flexibility index (Phi) is 5.67. The third-order valence-electron chi connectivity index (χ3n) is 5.04. The van der Waals surface area contributed by atoms with Gasteiger partial charge < -0.3 is 14.4 Å². The van der Waals surface area contributed by atoms with Crippen LogP contribution in [0.3, 0.4) is 0 Å². The van der Waals surface area contributed by atoms with Crippen LogP contribution in [0, 0.1) is 0 Å². The number of hydrogen-bond acceptors (Lipinski definition) is 5. The number of carbonyl (C=O) groups is 1. The molecule has 1 aliphatic heterocycles. The third kappa shape index (κ3) is 4.13. The first-order valence-electron chi connectivity index (χ1n) is 9.17. The SMILES string of the molecule is O=C(O)c1cc2c(Cl)c(N3CCN(S(=O)(=O)Cc4cccc(Cl)c4)CC3)ccc2o1. The van der Waals surface area contributed by atoms with Gasteiger partial charge in [0.1, 0.15) is 5.58 Å². The number of aromatic carboxylic acids is 1. The summed E-state index contributed by atoms with van der Waals surface area (Å²) in [7, 11) is -3.47. The van der Waals surface area contributed by atoms with E-state index >= 15 is 0 Å². The molecule has 1 aromatic heterocycles. The number of anilines is 1. The number of fused-ring (bicyclic) bond motifs is 1. The Morgan fingerprint density at radius 1 is 1.07 bits per heavy atom. The van der Waals surface area contributed by atoms with E-state index in [-0.39, 0.29) is 11.5 Å². The molecule has 2 aromatic carbocycles. The van der Waals surface area contributed by atoms with E-state index in [0.29, 0.717) is 58.4 Å². The van der Waals surface area contributed by atoms with Crippen molar-refractivity contribution in [3.63, 3.8) is 0 Å². The summed E-state index contributed by atoms with van der Waals surface area (Å²) in [4.78, 5) is 13.1. The van der Waals surface area contributed by atoms with Gasteiger partial charge in [-0.05, 0) is 29.8 Å². The lowest BCUT2D eigenvalue weighted by Gasteiger charge is -2.35. The van der Waals surface area contributed by atoms with Crippen LogP contribution in [0.25, 0.3) is 11.0 Å². The summed E-state index contributed by atoms with van der Waals surface area (Å²) in [5.41, 5.74) is 1.75. The molecule has 0 unspecified atom stereocenters. The number of hydrogen-bond donors (Lipinski definition) is 1. The van der Waals surface area contributed by atoms with Crippen molar-refractivity contribution in [3.8, 4) is 0 Å². The summed E-state index contributed by atoms with van der Waals surface area (Å²) in [6, 6.07) is 11.7. The van der Waals surface area contributed by atoms with Gasteiger partial charge in [-0.25, -0.2) is 13.2 Å². The quantitative estimate of drug-likeness (QED) is 0.606. The van der Waals surface area contributed by atoms with Gasteiger partial charge in [-0.2, -0.15) is 4.31 Å². The predicted octanol–water partition coefficient (Wildman–Crippen LogP) is 4.09. The lowest BCUT2D eigenvalue weighted by atomic mass is 10.2. The van der Waals surface area contributed by atoms with Gasteiger partial charge in [0.25, 0.3) is 0 Å². The summed E-state index contributed by atoms with van der Waals surface area (Å²) >= 11 is 12.5. The molecule has 3 aromatic rings. The van der Waals surface area contributed by atoms with Crippen LogP contribution < -0.4 is 4.90 Å². The van der Waals surface area contributed by atoms with E-state index in [1.807, 2.05) is 4.90 Å². The molecular formula is C20H18Cl2N2O5S. The fourth-order valence-electron chi connectivity index (χ4n) is 3.55. The second-order valence-electron chi connectivity index (χ2n) is 7.00. The number of piperazine rings is 1. The lowest BCUT2D eigenvalue weighted by molar-refractivity contribution is 0.0665. The Morgan fingerprint density at radius 3 is 2.47 bits per heavy atom. The van der Waals surface area contributed by atoms with E-state index < -0.39 is 16.0 Å². The average molecular weight is 469 g/mol. The van der Waals surface area contributed by atoms with Crippen molar-refractivity contribution in [2.24, 2.45) is 0 Å². The molecule has 1 aliphatic rings. The normalized spacial score (nSPS) is 15.6. The van der Waals surface area contributed by atoms with Crippen LogP contribution in [0.1, 0.15) is 16.1 Å². The summed E-state index contributed by atoms with van der Waals surface area (Å²) in [5.74, 6) is -1.45. The number of rotatable bonds is 5. The van der Waals surface area contributed by atoms with Crippen molar-refractivity contribution >= 4 is 55.9 Å². The van der Waals surface area contributed by atoms with E-state index in [4.69, 9.17) is 32.7 Å². The lowest BCUT2D eigenvalue weighted by Crippen LogP contribution is -2.49. The molecule has 0 radical (unpaired) electrons. The molecule has 1 N–H and O–H groups in total. The van der Waals surface area contributed by atoms with Crippen LogP contribution in [-0.4, -0.2) is 50.0 Å². The van der Waals surface area contributed by atoms with E-state index in [2.05, 4.69) is 0 Å². The molecule has 0 atom stereocenters. The Balaban J connectivity index is 1.49. The summed E-state index contributed by atoms with van der Waals surface area (Å²) < 4.78 is 32.3. The number of sulfonamides is 1. The maximum Gasteiger partial charge on any atom is 0.371 e. The molecule has 0 saturated carbocycles. The van der Waals surface area contributed by atoms with Crippen LogP contribution >= 0.6 is 23.2 Å². The van der Waals surface area contributed by atoms with Gasteiger partial charge in [-0.1, -0.05) is 35.3 Å². The molecule has 30 heavy (non-hydrogen) atoms. The monoisotopic (exact) mass is 468 g/mol. The molecule has 0 amide bonds. The highest BCUT2D eigenvalue weighted by Crippen LogP contribution is 2.36. The second kappa shape index (κ2) is 8.11. The minimum Gasteiger partial charge on any atom is -0.475 e. The van der Waals surface area contributed by atoms with Crippen LogP contribution in [-0.2, 0) is 15.8 Å². The van der Waals surface area contributed by atoms with Crippen molar-refractivity contribution in [2.75, 3.05) is 31.1 Å². The first-order chi connectivity index (χ1) is 14.2. The van der Waals surface area contributed by atoms with Crippen molar-refractivity contribution < 1.29 is 22.7 Å². The van der Waals surface area contributed by atoms with Gasteiger partial charge in [0.15, 0.2) is 0 Å². The number of nitrogens with zero attached hydrogens (tertiary/aromatic N) is 2. The minimum absolute atomic E-state index is 0.104. The number of carboxylic acids is 1. The average Bonchev–Trinajstić information content (AvgIpc) is 3.14. The Labute approximate surface area is 183 Å². The van der Waals surface area contributed by atoms with Gasteiger partial charge in [-0.3, -0.25) is 0 Å². The zero-order valence-corrected chi connectivity index (χ0v) is 18.0. The molecule has 2 heterocycles. The number of benzene rings is 2. The fourth-order valence-corrected chi connectivity index (χ4v) is 5.60. The summed E-state index contributed by atoms with van der Waals surface area (Å²) in [6.45, 7) is 1.57. The zero-order chi connectivity index (χ0) is 21.5. The molecule has 1 fully saturated rings. The largest absolute Gasteiger partial charge is 0.475 e. The predicted molar refractivity (Wildman–Crippen MR) is 116 cm³/mol. The van der Waals surface area contributed by atoms with E-state index in [9.17, 15) is 13.2 Å². The molecule has 10 heteroatoms. The Hall–Kier alpha value is -2.26. The zero-order valence-electron chi connectivity index (χ0n) is 15.7. The van der Waals surface area contributed by atoms with Crippen molar-refractivity contribution in [1.29, 1.82) is 0 Å². The second-order valence-corrected chi connectivity index (χ2v) is 9.78. The molecule has 0 aliphatic carbocycles. The van der Waals surface area contributed by atoms with Gasteiger partial charge in [0, 0.05) is 42.7 Å². The first kappa shape index (κ1) is 21.0. The molecule has 0 spiro atoms. The van der Waals surface area contributed by atoms with Crippen molar-refractivity contribution in [1.82, 2.24) is 4.31 Å². The summed E-state index contributed by atoms with van der Waals surface area (Å²) in [5, 5.41) is 10.5. The Bertz CT molecular complexity index is 1220. The minimum atomic E-state index is -3.47. The smallest absolute Gasteiger partial charge is 0.371 e. The molecule has 158 valence electrons. The standard InChI is InChI=1S/C20H18Cl2N2O5S/c21-14-3-1-2-13(10-14)12-30(27,28)24-8-6-23(7-9-24)16-4-5-17-15(19(16)22)11-18(29-17)20(25)26/h1-5,10-11H,6-9,12H2,(H,25,26). The summed E-state index contributed by atoms with van der Waals surface area (Å²) in [6.07, 6.45) is 0. The van der Waals surface area contributed by atoms with Crippen LogP contribution in [0.5, 0.6) is 0 Å². The number of carboxylic acid groups (broad SMARTS) is 1. The highest BCUT2D eigenvalue weighted by Gasteiger charge is 2.28. The molecule has 4 rings (SSSR count). The van der Waals surface area contributed by atoms with Crippen LogP contribution in [0.4, 0.5) is 5.69 Å². The highest BCUT2D eigenvalue weighted by atomic mass is 35.5. The number of furan rings is 1. The van der Waals surface area contributed by atoms with E-state index in [1.54, 1.807) is 36.4 Å². The van der Waals surface area contributed by atoms with Gasteiger partial charge in [-0.15, -0.1) is 0 Å². The fraction of sp³-hybridized carbons (Fsp3) is 0.250. The maximum absolute atomic E-state index is 12.8. The maximum atomic E-state index is 12.8. The van der Waals surface area contributed by atoms with E-state index in [1.165, 1.54) is 10.4 Å². The molecular weight excluding hydrogens is 451 g/mol. The first-order valence-corrected chi connectivity index (χ1v) is 11.5. The molecule has 1 saturated heterocycles. The van der Waals surface area contributed by atoms with Crippen LogP contribution in [0.15, 0.2) is 46.9 Å². The van der Waals surface area contributed by atoms with Gasteiger partial charge in [0.05, 0.1) is 16.5 Å². The number of halogens is 2. The van der Waals surface area contributed by atoms with Gasteiger partial charge >= 0.3 is 5.97 Å². The highest BCUT2D eigenvalue weighted by molar-refractivity contribution is 7.88. The molecule has 7 nitrogen and oxygen atoms in total. The van der Waals surface area contributed by atoms with Crippen molar-refractivity contribution in [3.05, 3.63) is 63.8 Å². The third-order valence-corrected chi connectivity index (χ3v) is 7.52. The van der Waals surface area contributed by atoms with Crippen molar-refractivity contribution in [2.45, 2.75) is 5.75 Å². The van der Waals surface area contributed by atoms with Crippen LogP contribution in [0.2, 0.25) is 10.0 Å². The van der Waals surface area contributed by atoms with Gasteiger partial charge in [0.2, 0.25) is 15.8 Å². The van der Waals surface area contributed by atoms with E-state index in [0.717, 1.165) is 0 Å². The Morgan fingerprint density at radius 2 is 1.80 bits per heavy atom.